The average molecular weight is 219 g/mol. The lowest BCUT2D eigenvalue weighted by Gasteiger charge is -2.00. The third-order valence-electron chi connectivity index (χ3n) is 2.67. The van der Waals surface area contributed by atoms with Crippen molar-refractivity contribution in [3.8, 4) is 11.3 Å². The average Bonchev–Trinajstić information content (AvgIpc) is 2.57. The molecule has 0 atom stereocenters. The van der Waals surface area contributed by atoms with Crippen LogP contribution in [0.1, 0.15) is 12.7 Å². The van der Waals surface area contributed by atoms with Gasteiger partial charge in [0.05, 0.1) is 0 Å². The lowest BCUT2D eigenvalue weighted by molar-refractivity contribution is 0.628. The van der Waals surface area contributed by atoms with Gasteiger partial charge in [-0.3, -0.25) is 0 Å². The Kier molecular flexibility index (Phi) is 2.64. The summed E-state index contributed by atoms with van der Waals surface area (Å²) in [6.07, 6.45) is 0.821. The third-order valence-corrected chi connectivity index (χ3v) is 2.67. The Morgan fingerprint density at radius 1 is 1.31 bits per heavy atom. The number of nitrogens with two attached hydrogens (primary N) is 1. The highest BCUT2D eigenvalue weighted by atomic mass is 19.1. The minimum atomic E-state index is -0.256. The summed E-state index contributed by atoms with van der Waals surface area (Å²) in [7, 11) is 1.88. The Hall–Kier alpha value is -1.84. The van der Waals surface area contributed by atoms with Gasteiger partial charge in [0.15, 0.2) is 0 Å². The maximum absolute atomic E-state index is 12.8. The molecule has 0 unspecified atom stereocenters. The van der Waals surface area contributed by atoms with Gasteiger partial charge in [-0.1, -0.05) is 6.92 Å². The summed E-state index contributed by atoms with van der Waals surface area (Å²) in [5, 5.41) is 0. The highest BCUT2D eigenvalue weighted by Crippen LogP contribution is 2.25. The minimum absolute atomic E-state index is 0.256. The fourth-order valence-corrected chi connectivity index (χ4v) is 1.70. The lowest BCUT2D eigenvalue weighted by atomic mass is 10.1. The van der Waals surface area contributed by atoms with Crippen molar-refractivity contribution in [3.05, 3.63) is 35.9 Å². The van der Waals surface area contributed by atoms with E-state index in [1.54, 1.807) is 12.1 Å². The van der Waals surface area contributed by atoms with E-state index < -0.39 is 0 Å². The van der Waals surface area contributed by atoms with E-state index in [0.717, 1.165) is 23.5 Å². The molecule has 2 rings (SSSR count). The predicted molar refractivity (Wildman–Crippen MR) is 62.4 cm³/mol. The molecule has 1 heterocycles. The topological polar surface area (TPSA) is 43.8 Å². The first kappa shape index (κ1) is 10.7. The molecular weight excluding hydrogens is 205 g/mol. The maximum Gasteiger partial charge on any atom is 0.131 e. The highest BCUT2D eigenvalue weighted by molar-refractivity contribution is 5.70. The Morgan fingerprint density at radius 2 is 1.94 bits per heavy atom. The molecule has 0 bridgehead atoms. The van der Waals surface area contributed by atoms with Crippen molar-refractivity contribution < 1.29 is 4.39 Å². The summed E-state index contributed by atoms with van der Waals surface area (Å²) in [5.74, 6) is 1.29. The summed E-state index contributed by atoms with van der Waals surface area (Å²) in [4.78, 5) is 4.44. The first-order chi connectivity index (χ1) is 7.63. The van der Waals surface area contributed by atoms with Gasteiger partial charge >= 0.3 is 0 Å². The van der Waals surface area contributed by atoms with Gasteiger partial charge in [-0.25, -0.2) is 9.37 Å². The molecule has 2 aromatic rings. The normalized spacial score (nSPS) is 10.7. The highest BCUT2D eigenvalue weighted by Gasteiger charge is 2.12. The molecular formula is C12H14FN3. The zero-order valence-electron chi connectivity index (χ0n) is 9.37. The van der Waals surface area contributed by atoms with E-state index in [0.29, 0.717) is 5.82 Å². The van der Waals surface area contributed by atoms with Crippen LogP contribution in [0.25, 0.3) is 11.3 Å². The van der Waals surface area contributed by atoms with Crippen LogP contribution in [-0.4, -0.2) is 9.55 Å². The minimum Gasteiger partial charge on any atom is -0.383 e. The molecule has 16 heavy (non-hydrogen) atoms. The third kappa shape index (κ3) is 1.66. The zero-order chi connectivity index (χ0) is 11.7. The molecule has 84 valence electrons. The van der Waals surface area contributed by atoms with Crippen molar-refractivity contribution in [2.24, 2.45) is 7.05 Å². The first-order valence-corrected chi connectivity index (χ1v) is 5.20. The van der Waals surface area contributed by atoms with E-state index in [1.807, 2.05) is 18.5 Å². The van der Waals surface area contributed by atoms with Crippen molar-refractivity contribution in [2.75, 3.05) is 5.73 Å². The van der Waals surface area contributed by atoms with Gasteiger partial charge in [-0.2, -0.15) is 0 Å². The van der Waals surface area contributed by atoms with Crippen LogP contribution >= 0.6 is 0 Å². The number of benzene rings is 1. The molecule has 0 saturated heterocycles. The Labute approximate surface area is 93.7 Å². The maximum atomic E-state index is 12.8. The van der Waals surface area contributed by atoms with Crippen molar-refractivity contribution in [1.82, 2.24) is 9.55 Å². The monoisotopic (exact) mass is 219 g/mol. The van der Waals surface area contributed by atoms with Crippen LogP contribution in [0, 0.1) is 5.82 Å². The van der Waals surface area contributed by atoms with Gasteiger partial charge < -0.3 is 10.3 Å². The van der Waals surface area contributed by atoms with Crippen LogP contribution in [0.15, 0.2) is 24.3 Å². The van der Waals surface area contributed by atoms with Crippen LogP contribution in [0.3, 0.4) is 0 Å². The largest absolute Gasteiger partial charge is 0.383 e. The molecule has 1 aromatic heterocycles. The SMILES string of the molecule is CCc1nc(-c2ccc(F)cc2)c(N)n1C. The molecule has 0 amide bonds. The molecule has 0 saturated carbocycles. The second-order valence-electron chi connectivity index (χ2n) is 3.68. The molecule has 1 aromatic carbocycles. The molecule has 0 fully saturated rings. The van der Waals surface area contributed by atoms with E-state index >= 15 is 0 Å². The molecule has 0 aliphatic carbocycles. The van der Waals surface area contributed by atoms with E-state index in [9.17, 15) is 4.39 Å². The Bertz CT molecular complexity index is 500. The zero-order valence-corrected chi connectivity index (χ0v) is 9.37. The standard InChI is InChI=1S/C12H14FN3/c1-3-10-15-11(12(14)16(10)2)8-4-6-9(13)7-5-8/h4-7H,3,14H2,1-2H3. The second-order valence-corrected chi connectivity index (χ2v) is 3.68. The summed E-state index contributed by atoms with van der Waals surface area (Å²) < 4.78 is 14.7. The van der Waals surface area contributed by atoms with Gasteiger partial charge in [-0.05, 0) is 24.3 Å². The van der Waals surface area contributed by atoms with Crippen molar-refractivity contribution >= 4 is 5.82 Å². The predicted octanol–water partition coefficient (Wildman–Crippen LogP) is 2.37. The van der Waals surface area contributed by atoms with E-state index in [-0.39, 0.29) is 5.82 Å². The van der Waals surface area contributed by atoms with Crippen molar-refractivity contribution in [1.29, 1.82) is 0 Å². The number of aryl methyl sites for hydroxylation is 1. The number of halogens is 1. The molecule has 0 radical (unpaired) electrons. The Balaban J connectivity index is 2.52. The lowest BCUT2D eigenvalue weighted by Crippen LogP contribution is -2.00. The quantitative estimate of drug-likeness (QED) is 0.842. The summed E-state index contributed by atoms with van der Waals surface area (Å²) >= 11 is 0. The van der Waals surface area contributed by atoms with Gasteiger partial charge in [-0.15, -0.1) is 0 Å². The smallest absolute Gasteiger partial charge is 0.131 e. The molecule has 0 aliphatic rings. The van der Waals surface area contributed by atoms with Crippen LogP contribution in [0.5, 0.6) is 0 Å². The van der Waals surface area contributed by atoms with Gasteiger partial charge in [0, 0.05) is 19.0 Å². The fraction of sp³-hybridized carbons (Fsp3) is 0.250. The number of nitrogens with zero attached hydrogens (tertiary/aromatic N) is 2. The number of rotatable bonds is 2. The number of hydrogen-bond donors (Lipinski definition) is 1. The van der Waals surface area contributed by atoms with Gasteiger partial charge in [0.25, 0.3) is 0 Å². The first-order valence-electron chi connectivity index (χ1n) is 5.20. The van der Waals surface area contributed by atoms with Gasteiger partial charge in [0.2, 0.25) is 0 Å². The van der Waals surface area contributed by atoms with Crippen LogP contribution in [0.2, 0.25) is 0 Å². The van der Waals surface area contributed by atoms with Crippen LogP contribution in [0.4, 0.5) is 10.2 Å². The molecule has 4 heteroatoms. The molecule has 2 N–H and O–H groups in total. The number of nitrogen functional groups attached to an aromatic ring is 1. The van der Waals surface area contributed by atoms with Gasteiger partial charge in [0.1, 0.15) is 23.2 Å². The molecule has 0 aliphatic heterocycles. The van der Waals surface area contributed by atoms with Crippen LogP contribution < -0.4 is 5.73 Å². The Morgan fingerprint density at radius 3 is 2.44 bits per heavy atom. The van der Waals surface area contributed by atoms with Crippen molar-refractivity contribution in [2.45, 2.75) is 13.3 Å². The fourth-order valence-electron chi connectivity index (χ4n) is 1.70. The van der Waals surface area contributed by atoms with E-state index in [4.69, 9.17) is 5.73 Å². The number of hydrogen-bond acceptors (Lipinski definition) is 2. The van der Waals surface area contributed by atoms with E-state index in [2.05, 4.69) is 4.98 Å². The summed E-state index contributed by atoms with van der Waals surface area (Å²) in [6, 6.07) is 6.20. The number of anilines is 1. The summed E-state index contributed by atoms with van der Waals surface area (Å²) in [6.45, 7) is 2.02. The number of imidazole rings is 1. The molecule has 0 spiro atoms. The summed E-state index contributed by atoms with van der Waals surface area (Å²) in [5.41, 5.74) is 7.52. The van der Waals surface area contributed by atoms with Crippen LogP contribution in [-0.2, 0) is 13.5 Å². The van der Waals surface area contributed by atoms with E-state index in [1.165, 1.54) is 12.1 Å². The number of aromatic nitrogens is 2. The molecule has 3 nitrogen and oxygen atoms in total. The second kappa shape index (κ2) is 3.96. The van der Waals surface area contributed by atoms with Crippen molar-refractivity contribution in [3.63, 3.8) is 0 Å².